The lowest BCUT2D eigenvalue weighted by molar-refractivity contribution is -0.116. The molecular formula is C24H24N2O5S. The van der Waals surface area contributed by atoms with E-state index in [1.807, 2.05) is 13.0 Å². The van der Waals surface area contributed by atoms with Gasteiger partial charge >= 0.3 is 0 Å². The van der Waals surface area contributed by atoms with Crippen LogP contribution in [0.25, 0.3) is 0 Å². The molecule has 1 N–H and O–H groups in total. The number of aryl methyl sites for hydroxylation is 1. The van der Waals surface area contributed by atoms with Crippen LogP contribution in [-0.4, -0.2) is 34.1 Å². The molecule has 3 aromatic carbocycles. The minimum atomic E-state index is -3.83. The van der Waals surface area contributed by atoms with E-state index < -0.39 is 10.0 Å². The van der Waals surface area contributed by atoms with E-state index in [1.165, 1.54) is 4.31 Å². The summed E-state index contributed by atoms with van der Waals surface area (Å²) in [6.07, 6.45) is -0.0194. The number of amides is 1. The fraction of sp³-hybridized carbons (Fsp3) is 0.208. The van der Waals surface area contributed by atoms with Gasteiger partial charge in [0, 0.05) is 24.7 Å². The molecule has 0 bridgehead atoms. The highest BCUT2D eigenvalue weighted by Gasteiger charge is 2.25. The zero-order chi connectivity index (χ0) is 22.6. The van der Waals surface area contributed by atoms with E-state index in [0.29, 0.717) is 36.1 Å². The van der Waals surface area contributed by atoms with Crippen molar-refractivity contribution in [2.45, 2.75) is 18.2 Å². The first-order chi connectivity index (χ1) is 15.4. The summed E-state index contributed by atoms with van der Waals surface area (Å²) < 4.78 is 39.0. The standard InChI is InChI=1S/C24H24N2O5S/c1-18-7-10-21(11-8-18)32(28,29)26(20-5-3-2-4-6-20)14-13-24(27)25-19-9-12-22-23(17-19)31-16-15-30-22/h2-12,17H,13-16H2,1H3,(H,25,27). The molecular weight excluding hydrogens is 428 g/mol. The van der Waals surface area contributed by atoms with Gasteiger partial charge in [0.05, 0.1) is 10.6 Å². The average Bonchev–Trinajstić information content (AvgIpc) is 2.80. The van der Waals surface area contributed by atoms with E-state index in [4.69, 9.17) is 9.47 Å². The molecule has 0 saturated carbocycles. The summed E-state index contributed by atoms with van der Waals surface area (Å²) in [5.41, 5.74) is 2.03. The minimum absolute atomic E-state index is 0.00336. The van der Waals surface area contributed by atoms with Gasteiger partial charge in [0.2, 0.25) is 5.91 Å². The Balaban J connectivity index is 1.50. The molecule has 8 heteroatoms. The van der Waals surface area contributed by atoms with Gasteiger partial charge in [-0.25, -0.2) is 8.42 Å². The van der Waals surface area contributed by atoms with Gasteiger partial charge in [-0.2, -0.15) is 0 Å². The van der Waals surface area contributed by atoms with E-state index >= 15 is 0 Å². The molecule has 0 fully saturated rings. The highest BCUT2D eigenvalue weighted by atomic mass is 32.2. The van der Waals surface area contributed by atoms with Crippen molar-refractivity contribution in [2.75, 3.05) is 29.4 Å². The van der Waals surface area contributed by atoms with Gasteiger partial charge in [-0.15, -0.1) is 0 Å². The van der Waals surface area contributed by atoms with Crippen LogP contribution in [-0.2, 0) is 14.8 Å². The van der Waals surface area contributed by atoms with Gasteiger partial charge in [0.25, 0.3) is 10.0 Å². The molecule has 1 amide bonds. The summed E-state index contributed by atoms with van der Waals surface area (Å²) in [5.74, 6) is 0.900. The monoisotopic (exact) mass is 452 g/mol. The molecule has 0 spiro atoms. The van der Waals surface area contributed by atoms with Crippen LogP contribution in [0.4, 0.5) is 11.4 Å². The molecule has 1 aliphatic rings. The lowest BCUT2D eigenvalue weighted by Gasteiger charge is -2.24. The number of carbonyl (C=O) groups is 1. The number of fused-ring (bicyclic) bond motifs is 1. The number of hydrogen-bond acceptors (Lipinski definition) is 5. The lowest BCUT2D eigenvalue weighted by atomic mass is 10.2. The molecule has 3 aromatic rings. The molecule has 1 aliphatic heterocycles. The fourth-order valence-electron chi connectivity index (χ4n) is 3.37. The highest BCUT2D eigenvalue weighted by molar-refractivity contribution is 7.92. The zero-order valence-electron chi connectivity index (χ0n) is 17.7. The minimum Gasteiger partial charge on any atom is -0.486 e. The van der Waals surface area contributed by atoms with Crippen LogP contribution < -0.4 is 19.1 Å². The Hall–Kier alpha value is -3.52. The summed E-state index contributed by atoms with van der Waals surface area (Å²) in [7, 11) is -3.83. The van der Waals surface area contributed by atoms with E-state index in [9.17, 15) is 13.2 Å². The number of sulfonamides is 1. The highest BCUT2D eigenvalue weighted by Crippen LogP contribution is 2.32. The molecule has 32 heavy (non-hydrogen) atoms. The smallest absolute Gasteiger partial charge is 0.264 e. The fourth-order valence-corrected chi connectivity index (χ4v) is 4.83. The Labute approximate surface area is 187 Å². The number of nitrogens with zero attached hydrogens (tertiary/aromatic N) is 1. The summed E-state index contributed by atoms with van der Waals surface area (Å²) in [6.45, 7) is 2.83. The molecule has 0 aromatic heterocycles. The van der Waals surface area contributed by atoms with Gasteiger partial charge in [-0.05, 0) is 43.3 Å². The molecule has 0 unspecified atom stereocenters. The third-order valence-corrected chi connectivity index (χ3v) is 6.86. The lowest BCUT2D eigenvalue weighted by Crippen LogP contribution is -2.34. The normalized spacial score (nSPS) is 12.8. The number of para-hydroxylation sites is 1. The number of benzene rings is 3. The van der Waals surface area contributed by atoms with Crippen LogP contribution in [0.5, 0.6) is 11.5 Å². The van der Waals surface area contributed by atoms with Crippen molar-refractivity contribution in [3.8, 4) is 11.5 Å². The number of hydrogen-bond donors (Lipinski definition) is 1. The number of anilines is 2. The van der Waals surface area contributed by atoms with Crippen LogP contribution in [0.1, 0.15) is 12.0 Å². The van der Waals surface area contributed by atoms with Crippen LogP contribution in [0.15, 0.2) is 77.7 Å². The van der Waals surface area contributed by atoms with Gasteiger partial charge in [-0.1, -0.05) is 35.9 Å². The maximum Gasteiger partial charge on any atom is 0.264 e. The van der Waals surface area contributed by atoms with Crippen molar-refractivity contribution in [1.29, 1.82) is 0 Å². The Kier molecular flexibility index (Phi) is 6.32. The van der Waals surface area contributed by atoms with Crippen LogP contribution in [0.2, 0.25) is 0 Å². The molecule has 4 rings (SSSR count). The number of nitrogens with one attached hydrogen (secondary N) is 1. The second-order valence-corrected chi connectivity index (χ2v) is 9.24. The molecule has 0 aliphatic carbocycles. The molecule has 7 nitrogen and oxygen atoms in total. The predicted octanol–water partition coefficient (Wildman–Crippen LogP) is 3.99. The number of ether oxygens (including phenoxy) is 2. The van der Waals surface area contributed by atoms with Crippen molar-refractivity contribution >= 4 is 27.3 Å². The Morgan fingerprint density at radius 3 is 2.34 bits per heavy atom. The van der Waals surface area contributed by atoms with E-state index in [2.05, 4.69) is 5.32 Å². The van der Waals surface area contributed by atoms with Gasteiger partial charge in [-0.3, -0.25) is 9.10 Å². The molecule has 166 valence electrons. The SMILES string of the molecule is Cc1ccc(S(=O)(=O)N(CCC(=O)Nc2ccc3c(c2)OCCO3)c2ccccc2)cc1. The second-order valence-electron chi connectivity index (χ2n) is 7.38. The third kappa shape index (κ3) is 4.86. The maximum absolute atomic E-state index is 13.3. The number of rotatable bonds is 7. The first-order valence-corrected chi connectivity index (χ1v) is 11.7. The summed E-state index contributed by atoms with van der Waals surface area (Å²) in [5, 5.41) is 2.80. The maximum atomic E-state index is 13.3. The first kappa shape index (κ1) is 21.7. The van der Waals surface area contributed by atoms with Crippen LogP contribution in [0, 0.1) is 6.92 Å². The van der Waals surface area contributed by atoms with Gasteiger partial charge in [0.1, 0.15) is 13.2 Å². The molecule has 0 saturated heterocycles. The van der Waals surface area contributed by atoms with Crippen LogP contribution >= 0.6 is 0 Å². The Bertz CT molecular complexity index is 1190. The van der Waals surface area contributed by atoms with Gasteiger partial charge < -0.3 is 14.8 Å². The zero-order valence-corrected chi connectivity index (χ0v) is 18.5. The van der Waals surface area contributed by atoms with E-state index in [0.717, 1.165) is 5.56 Å². The third-order valence-electron chi connectivity index (χ3n) is 5.02. The van der Waals surface area contributed by atoms with Crippen molar-refractivity contribution in [1.82, 2.24) is 0 Å². The van der Waals surface area contributed by atoms with Crippen LogP contribution in [0.3, 0.4) is 0 Å². The van der Waals surface area contributed by atoms with Crippen molar-refractivity contribution in [3.63, 3.8) is 0 Å². The van der Waals surface area contributed by atoms with Crippen molar-refractivity contribution in [2.24, 2.45) is 0 Å². The summed E-state index contributed by atoms with van der Waals surface area (Å²) in [4.78, 5) is 12.8. The Morgan fingerprint density at radius 1 is 0.938 bits per heavy atom. The topological polar surface area (TPSA) is 84.9 Å². The van der Waals surface area contributed by atoms with Gasteiger partial charge in [0.15, 0.2) is 11.5 Å². The summed E-state index contributed by atoms with van der Waals surface area (Å²) >= 11 is 0. The number of carbonyl (C=O) groups excluding carboxylic acids is 1. The second kappa shape index (κ2) is 9.32. The largest absolute Gasteiger partial charge is 0.486 e. The summed E-state index contributed by atoms with van der Waals surface area (Å²) in [6, 6.07) is 20.6. The van der Waals surface area contributed by atoms with Crippen molar-refractivity contribution < 1.29 is 22.7 Å². The molecule has 1 heterocycles. The molecule has 0 radical (unpaired) electrons. The predicted molar refractivity (Wildman–Crippen MR) is 123 cm³/mol. The molecule has 0 atom stereocenters. The van der Waals surface area contributed by atoms with Crippen molar-refractivity contribution in [3.05, 3.63) is 78.4 Å². The van der Waals surface area contributed by atoms with E-state index in [1.54, 1.807) is 66.7 Å². The first-order valence-electron chi connectivity index (χ1n) is 10.3. The Morgan fingerprint density at radius 2 is 1.62 bits per heavy atom. The van der Waals surface area contributed by atoms with E-state index in [-0.39, 0.29) is 23.8 Å². The quantitative estimate of drug-likeness (QED) is 0.586. The average molecular weight is 453 g/mol.